The Morgan fingerprint density at radius 3 is 2.36 bits per heavy atom. The SMILES string of the molecule is COCC1(OC)CCC(C(=O)O)CC1. The molecule has 1 N–H and O–H groups in total. The average Bonchev–Trinajstić information content (AvgIpc) is 2.19. The largest absolute Gasteiger partial charge is 0.481 e. The molecule has 0 radical (unpaired) electrons. The van der Waals surface area contributed by atoms with Gasteiger partial charge >= 0.3 is 5.97 Å². The Morgan fingerprint density at radius 1 is 1.43 bits per heavy atom. The zero-order chi connectivity index (χ0) is 10.6. The van der Waals surface area contributed by atoms with Crippen LogP contribution in [0.2, 0.25) is 0 Å². The number of hydrogen-bond donors (Lipinski definition) is 1. The molecular weight excluding hydrogens is 184 g/mol. The summed E-state index contributed by atoms with van der Waals surface area (Å²) in [7, 11) is 3.31. The molecule has 0 aromatic carbocycles. The second-order valence-corrected chi connectivity index (χ2v) is 3.93. The maximum atomic E-state index is 10.7. The van der Waals surface area contributed by atoms with E-state index in [1.807, 2.05) is 0 Å². The van der Waals surface area contributed by atoms with Gasteiger partial charge in [-0.25, -0.2) is 0 Å². The predicted molar refractivity (Wildman–Crippen MR) is 51.2 cm³/mol. The number of carbonyl (C=O) groups is 1. The first-order valence-corrected chi connectivity index (χ1v) is 4.90. The lowest BCUT2D eigenvalue weighted by atomic mass is 9.79. The minimum absolute atomic E-state index is 0.199. The zero-order valence-electron chi connectivity index (χ0n) is 8.78. The molecule has 0 bridgehead atoms. The summed E-state index contributed by atoms with van der Waals surface area (Å²) in [5, 5.41) is 8.84. The predicted octanol–water partition coefficient (Wildman–Crippen LogP) is 1.29. The molecule has 82 valence electrons. The second-order valence-electron chi connectivity index (χ2n) is 3.93. The van der Waals surface area contributed by atoms with E-state index in [0.29, 0.717) is 19.4 Å². The number of ether oxygens (including phenoxy) is 2. The highest BCUT2D eigenvalue weighted by Gasteiger charge is 2.37. The van der Waals surface area contributed by atoms with Gasteiger partial charge in [-0.2, -0.15) is 0 Å². The molecule has 1 rings (SSSR count). The lowest BCUT2D eigenvalue weighted by Gasteiger charge is -2.37. The second kappa shape index (κ2) is 4.75. The van der Waals surface area contributed by atoms with Crippen molar-refractivity contribution >= 4 is 5.97 Å². The minimum Gasteiger partial charge on any atom is -0.481 e. The molecule has 0 aromatic rings. The van der Waals surface area contributed by atoms with Crippen molar-refractivity contribution in [2.24, 2.45) is 5.92 Å². The normalized spacial score (nSPS) is 32.9. The van der Waals surface area contributed by atoms with E-state index in [0.717, 1.165) is 12.8 Å². The van der Waals surface area contributed by atoms with Gasteiger partial charge in [0.25, 0.3) is 0 Å². The molecule has 4 heteroatoms. The lowest BCUT2D eigenvalue weighted by molar-refractivity contribution is -0.147. The first-order valence-electron chi connectivity index (χ1n) is 4.90. The molecule has 0 saturated heterocycles. The fourth-order valence-electron chi connectivity index (χ4n) is 2.06. The molecule has 0 heterocycles. The first-order chi connectivity index (χ1) is 6.63. The van der Waals surface area contributed by atoms with Crippen LogP contribution in [-0.2, 0) is 14.3 Å². The van der Waals surface area contributed by atoms with E-state index in [1.165, 1.54) is 0 Å². The molecule has 0 aromatic heterocycles. The fraction of sp³-hybridized carbons (Fsp3) is 0.900. The van der Waals surface area contributed by atoms with Gasteiger partial charge in [0, 0.05) is 14.2 Å². The maximum Gasteiger partial charge on any atom is 0.306 e. The summed E-state index contributed by atoms with van der Waals surface area (Å²) in [5.41, 5.74) is -0.249. The summed E-state index contributed by atoms with van der Waals surface area (Å²) in [6.45, 7) is 0.551. The van der Waals surface area contributed by atoms with Gasteiger partial charge in [0.2, 0.25) is 0 Å². The summed E-state index contributed by atoms with van der Waals surface area (Å²) >= 11 is 0. The lowest BCUT2D eigenvalue weighted by Crippen LogP contribution is -2.41. The topological polar surface area (TPSA) is 55.8 Å². The first kappa shape index (κ1) is 11.5. The third kappa shape index (κ3) is 2.45. The Bertz CT molecular complexity index is 194. The molecule has 0 unspecified atom stereocenters. The highest BCUT2D eigenvalue weighted by Crippen LogP contribution is 2.34. The van der Waals surface area contributed by atoms with Crippen molar-refractivity contribution in [2.75, 3.05) is 20.8 Å². The Labute approximate surface area is 84.2 Å². The van der Waals surface area contributed by atoms with Crippen molar-refractivity contribution in [2.45, 2.75) is 31.3 Å². The summed E-state index contributed by atoms with van der Waals surface area (Å²) in [6, 6.07) is 0. The average molecular weight is 202 g/mol. The molecule has 14 heavy (non-hydrogen) atoms. The number of carboxylic acids is 1. The fourth-order valence-corrected chi connectivity index (χ4v) is 2.06. The Hall–Kier alpha value is -0.610. The van der Waals surface area contributed by atoms with E-state index in [2.05, 4.69) is 0 Å². The standard InChI is InChI=1S/C10H18O4/c1-13-7-10(14-2)5-3-8(4-6-10)9(11)12/h8H,3-7H2,1-2H3,(H,11,12). The Morgan fingerprint density at radius 2 is 2.00 bits per heavy atom. The molecule has 1 saturated carbocycles. The van der Waals surface area contributed by atoms with E-state index in [-0.39, 0.29) is 11.5 Å². The van der Waals surface area contributed by atoms with Crippen LogP contribution in [0.1, 0.15) is 25.7 Å². The number of aliphatic carboxylic acids is 1. The Balaban J connectivity index is 2.50. The van der Waals surface area contributed by atoms with E-state index < -0.39 is 5.97 Å². The summed E-state index contributed by atoms with van der Waals surface area (Å²) < 4.78 is 10.5. The van der Waals surface area contributed by atoms with Crippen molar-refractivity contribution in [3.05, 3.63) is 0 Å². The molecule has 1 aliphatic rings. The van der Waals surface area contributed by atoms with Crippen LogP contribution < -0.4 is 0 Å². The van der Waals surface area contributed by atoms with Crippen molar-refractivity contribution < 1.29 is 19.4 Å². The third-order valence-electron chi connectivity index (χ3n) is 3.09. The van der Waals surface area contributed by atoms with Crippen LogP contribution in [0.15, 0.2) is 0 Å². The van der Waals surface area contributed by atoms with Crippen molar-refractivity contribution in [1.82, 2.24) is 0 Å². The highest BCUT2D eigenvalue weighted by atomic mass is 16.5. The molecule has 0 amide bonds. The monoisotopic (exact) mass is 202 g/mol. The van der Waals surface area contributed by atoms with E-state index in [4.69, 9.17) is 14.6 Å². The van der Waals surface area contributed by atoms with Gasteiger partial charge < -0.3 is 14.6 Å². The van der Waals surface area contributed by atoms with E-state index in [1.54, 1.807) is 14.2 Å². The van der Waals surface area contributed by atoms with Crippen molar-refractivity contribution in [3.63, 3.8) is 0 Å². The molecule has 1 fully saturated rings. The van der Waals surface area contributed by atoms with Crippen LogP contribution in [0.3, 0.4) is 0 Å². The van der Waals surface area contributed by atoms with Crippen LogP contribution in [-0.4, -0.2) is 37.5 Å². The van der Waals surface area contributed by atoms with Crippen molar-refractivity contribution in [3.8, 4) is 0 Å². The quantitative estimate of drug-likeness (QED) is 0.746. The van der Waals surface area contributed by atoms with Gasteiger partial charge in [-0.15, -0.1) is 0 Å². The van der Waals surface area contributed by atoms with Crippen molar-refractivity contribution in [1.29, 1.82) is 0 Å². The van der Waals surface area contributed by atoms with Crippen LogP contribution in [0, 0.1) is 5.92 Å². The molecule has 0 aliphatic heterocycles. The summed E-state index contributed by atoms with van der Waals surface area (Å²) in [4.78, 5) is 10.7. The summed E-state index contributed by atoms with van der Waals surface area (Å²) in [6.07, 6.45) is 2.92. The molecular formula is C10H18O4. The van der Waals surface area contributed by atoms with Crippen LogP contribution in [0.5, 0.6) is 0 Å². The minimum atomic E-state index is -0.688. The Kier molecular flexibility index (Phi) is 3.89. The number of hydrogen-bond acceptors (Lipinski definition) is 3. The van der Waals surface area contributed by atoms with Gasteiger partial charge in [-0.05, 0) is 25.7 Å². The van der Waals surface area contributed by atoms with Gasteiger partial charge in [-0.3, -0.25) is 4.79 Å². The van der Waals surface area contributed by atoms with Crippen LogP contribution in [0.4, 0.5) is 0 Å². The smallest absolute Gasteiger partial charge is 0.306 e. The van der Waals surface area contributed by atoms with Gasteiger partial charge in [0.1, 0.15) is 0 Å². The molecule has 0 atom stereocenters. The maximum absolute atomic E-state index is 10.7. The summed E-state index contributed by atoms with van der Waals surface area (Å²) in [5.74, 6) is -0.887. The zero-order valence-corrected chi connectivity index (χ0v) is 8.78. The number of rotatable bonds is 4. The van der Waals surface area contributed by atoms with Gasteiger partial charge in [0.15, 0.2) is 0 Å². The van der Waals surface area contributed by atoms with Crippen LogP contribution >= 0.6 is 0 Å². The van der Waals surface area contributed by atoms with E-state index >= 15 is 0 Å². The molecule has 1 aliphatic carbocycles. The van der Waals surface area contributed by atoms with E-state index in [9.17, 15) is 4.79 Å². The number of methoxy groups -OCH3 is 2. The van der Waals surface area contributed by atoms with Gasteiger partial charge in [-0.1, -0.05) is 0 Å². The molecule has 4 nitrogen and oxygen atoms in total. The van der Waals surface area contributed by atoms with Crippen LogP contribution in [0.25, 0.3) is 0 Å². The third-order valence-corrected chi connectivity index (χ3v) is 3.09. The molecule has 0 spiro atoms. The number of carboxylic acid groups (broad SMARTS) is 1. The highest BCUT2D eigenvalue weighted by molar-refractivity contribution is 5.70. The van der Waals surface area contributed by atoms with Gasteiger partial charge in [0.05, 0.1) is 18.1 Å².